The summed E-state index contributed by atoms with van der Waals surface area (Å²) in [5, 5.41) is 3.37. The lowest BCUT2D eigenvalue weighted by molar-refractivity contribution is 0.720. The van der Waals surface area contributed by atoms with E-state index in [1.54, 1.807) is 0 Å². The van der Waals surface area contributed by atoms with Crippen LogP contribution in [0, 0.1) is 5.92 Å². The number of aromatic amines is 1. The maximum absolute atomic E-state index is 5.70. The van der Waals surface area contributed by atoms with Crippen molar-refractivity contribution in [1.29, 1.82) is 0 Å². The number of hydrogen-bond donors (Lipinski definition) is 2. The van der Waals surface area contributed by atoms with Gasteiger partial charge in [0.15, 0.2) is 0 Å². The second-order valence-electron chi connectivity index (χ2n) is 5.42. The molecule has 0 saturated carbocycles. The van der Waals surface area contributed by atoms with E-state index in [1.165, 1.54) is 5.56 Å². The Morgan fingerprint density at radius 3 is 2.67 bits per heavy atom. The van der Waals surface area contributed by atoms with Crippen molar-refractivity contribution in [3.05, 3.63) is 59.8 Å². The Balaban J connectivity index is 1.97. The molecular formula is C18H23BN2. The predicted molar refractivity (Wildman–Crippen MR) is 92.3 cm³/mol. The summed E-state index contributed by atoms with van der Waals surface area (Å²) in [7, 11) is 5.70. The van der Waals surface area contributed by atoms with Gasteiger partial charge < -0.3 is 10.3 Å². The molecule has 1 aromatic carbocycles. The van der Waals surface area contributed by atoms with Crippen LogP contribution in [-0.2, 0) is 12.7 Å². The molecule has 0 aliphatic carbocycles. The van der Waals surface area contributed by atoms with Gasteiger partial charge >= 0.3 is 0 Å². The van der Waals surface area contributed by atoms with Crippen LogP contribution >= 0.6 is 0 Å². The smallest absolute Gasteiger partial charge is 0.110 e. The Morgan fingerprint density at radius 1 is 1.24 bits per heavy atom. The molecule has 1 unspecified atom stereocenters. The maximum Gasteiger partial charge on any atom is 0.110 e. The van der Waals surface area contributed by atoms with Crippen molar-refractivity contribution in [3.63, 3.8) is 0 Å². The number of anilines is 2. The minimum Gasteiger partial charge on any atom is -0.348 e. The molecule has 1 atom stereocenters. The summed E-state index contributed by atoms with van der Waals surface area (Å²) in [4.78, 5) is 3.17. The molecule has 1 heterocycles. The third kappa shape index (κ3) is 4.56. The number of allylic oxidation sites excluding steroid dienone is 2. The Labute approximate surface area is 129 Å². The fourth-order valence-corrected chi connectivity index (χ4v) is 2.36. The summed E-state index contributed by atoms with van der Waals surface area (Å²) in [5.41, 5.74) is 3.53. The molecule has 0 amide bonds. The zero-order chi connectivity index (χ0) is 15.1. The normalized spacial score (nSPS) is 12.7. The average Bonchev–Trinajstić information content (AvgIpc) is 2.94. The SMILES string of the molecule is [B]Cc1cc[nH]c1Nc1ccc(CC(C)/C=C\CC)cc1. The Hall–Kier alpha value is -1.90. The van der Waals surface area contributed by atoms with Crippen LogP contribution in [0.25, 0.3) is 0 Å². The highest BCUT2D eigenvalue weighted by Gasteiger charge is 2.03. The van der Waals surface area contributed by atoms with Gasteiger partial charge in [-0.25, -0.2) is 0 Å². The summed E-state index contributed by atoms with van der Waals surface area (Å²) in [6.07, 6.45) is 9.14. The van der Waals surface area contributed by atoms with E-state index in [2.05, 4.69) is 60.6 Å². The molecule has 21 heavy (non-hydrogen) atoms. The molecular weight excluding hydrogens is 255 g/mol. The first-order valence-corrected chi connectivity index (χ1v) is 7.62. The van der Waals surface area contributed by atoms with Crippen molar-refractivity contribution in [1.82, 2.24) is 4.98 Å². The molecule has 0 spiro atoms. The molecule has 0 saturated heterocycles. The van der Waals surface area contributed by atoms with Crippen molar-refractivity contribution >= 4 is 19.4 Å². The van der Waals surface area contributed by atoms with E-state index in [9.17, 15) is 0 Å². The second kappa shape index (κ2) is 7.77. The molecule has 108 valence electrons. The van der Waals surface area contributed by atoms with E-state index < -0.39 is 0 Å². The minimum atomic E-state index is 0.533. The van der Waals surface area contributed by atoms with Crippen LogP contribution < -0.4 is 5.32 Å². The van der Waals surface area contributed by atoms with Crippen molar-refractivity contribution in [2.24, 2.45) is 5.92 Å². The highest BCUT2D eigenvalue weighted by Crippen LogP contribution is 2.20. The first-order valence-electron chi connectivity index (χ1n) is 7.62. The highest BCUT2D eigenvalue weighted by atomic mass is 15.0. The maximum atomic E-state index is 5.70. The lowest BCUT2D eigenvalue weighted by Gasteiger charge is -2.10. The van der Waals surface area contributed by atoms with Crippen molar-refractivity contribution in [2.75, 3.05) is 5.32 Å². The number of nitrogens with one attached hydrogen (secondary N) is 2. The number of benzene rings is 1. The van der Waals surface area contributed by atoms with Gasteiger partial charge in [-0.3, -0.25) is 0 Å². The molecule has 0 bridgehead atoms. The monoisotopic (exact) mass is 278 g/mol. The van der Waals surface area contributed by atoms with Gasteiger partial charge in [-0.05, 0) is 48.1 Å². The molecule has 0 aliphatic rings. The first kappa shape index (κ1) is 15.5. The highest BCUT2D eigenvalue weighted by molar-refractivity contribution is 6.08. The van der Waals surface area contributed by atoms with Crippen LogP contribution in [0.5, 0.6) is 0 Å². The fraction of sp³-hybridized carbons (Fsp3) is 0.333. The van der Waals surface area contributed by atoms with Crippen LogP contribution in [0.15, 0.2) is 48.7 Å². The third-order valence-corrected chi connectivity index (χ3v) is 3.53. The van der Waals surface area contributed by atoms with E-state index in [1.807, 2.05) is 12.3 Å². The standard InChI is InChI=1S/C18H23BN2/c1-3-4-5-14(2)12-15-6-8-17(9-7-15)21-18-16(13-19)10-11-20-18/h4-11,14,20-21H,3,12-13H2,1-2H3/b5-4-. The third-order valence-electron chi connectivity index (χ3n) is 3.53. The van der Waals surface area contributed by atoms with Gasteiger partial charge in [-0.15, -0.1) is 0 Å². The zero-order valence-electron chi connectivity index (χ0n) is 12.9. The van der Waals surface area contributed by atoms with Crippen LogP contribution in [0.2, 0.25) is 0 Å². The van der Waals surface area contributed by atoms with Crippen LogP contribution in [0.1, 0.15) is 31.4 Å². The molecule has 3 heteroatoms. The van der Waals surface area contributed by atoms with Crippen LogP contribution in [0.3, 0.4) is 0 Å². The Morgan fingerprint density at radius 2 is 2.00 bits per heavy atom. The van der Waals surface area contributed by atoms with Gasteiger partial charge in [-0.2, -0.15) is 0 Å². The first-order chi connectivity index (χ1) is 10.2. The topological polar surface area (TPSA) is 27.8 Å². The van der Waals surface area contributed by atoms with Gasteiger partial charge in [-0.1, -0.05) is 44.5 Å². The molecule has 2 radical (unpaired) electrons. The van der Waals surface area contributed by atoms with Crippen molar-refractivity contribution in [2.45, 2.75) is 33.0 Å². The van der Waals surface area contributed by atoms with Gasteiger partial charge in [0.25, 0.3) is 0 Å². The second-order valence-corrected chi connectivity index (χ2v) is 5.42. The minimum absolute atomic E-state index is 0.533. The number of rotatable bonds is 7. The Bertz CT molecular complexity index is 569. The molecule has 1 aromatic heterocycles. The lowest BCUT2D eigenvalue weighted by atomic mass is 9.98. The van der Waals surface area contributed by atoms with E-state index >= 15 is 0 Å². The average molecular weight is 278 g/mol. The predicted octanol–water partition coefficient (Wildman–Crippen LogP) is 4.57. The van der Waals surface area contributed by atoms with E-state index in [0.29, 0.717) is 12.2 Å². The quantitative estimate of drug-likeness (QED) is 0.563. The van der Waals surface area contributed by atoms with Crippen LogP contribution in [-0.4, -0.2) is 12.8 Å². The molecule has 2 nitrogen and oxygen atoms in total. The summed E-state index contributed by atoms with van der Waals surface area (Å²) in [6, 6.07) is 10.6. The van der Waals surface area contributed by atoms with Crippen molar-refractivity contribution < 1.29 is 0 Å². The van der Waals surface area contributed by atoms with E-state index in [4.69, 9.17) is 7.85 Å². The summed E-state index contributed by atoms with van der Waals surface area (Å²) in [5.74, 6) is 1.56. The molecule has 2 rings (SSSR count). The zero-order valence-corrected chi connectivity index (χ0v) is 12.9. The lowest BCUT2D eigenvalue weighted by Crippen LogP contribution is -1.98. The van der Waals surface area contributed by atoms with Crippen molar-refractivity contribution in [3.8, 4) is 0 Å². The fourth-order valence-electron chi connectivity index (χ4n) is 2.36. The number of H-pyrrole nitrogens is 1. The summed E-state index contributed by atoms with van der Waals surface area (Å²) >= 11 is 0. The molecule has 0 aliphatic heterocycles. The van der Waals surface area contributed by atoms with E-state index in [-0.39, 0.29) is 0 Å². The number of hydrogen-bond acceptors (Lipinski definition) is 1. The van der Waals surface area contributed by atoms with Crippen LogP contribution in [0.4, 0.5) is 11.5 Å². The van der Waals surface area contributed by atoms with Gasteiger partial charge in [0.05, 0.1) is 7.85 Å². The summed E-state index contributed by atoms with van der Waals surface area (Å²) in [6.45, 7) is 4.42. The molecule has 2 aromatic rings. The molecule has 0 fully saturated rings. The van der Waals surface area contributed by atoms with Gasteiger partial charge in [0.2, 0.25) is 0 Å². The van der Waals surface area contributed by atoms with E-state index in [0.717, 1.165) is 29.9 Å². The molecule has 2 N–H and O–H groups in total. The van der Waals surface area contributed by atoms with Gasteiger partial charge in [0, 0.05) is 11.9 Å². The summed E-state index contributed by atoms with van der Waals surface area (Å²) < 4.78 is 0. The Kier molecular flexibility index (Phi) is 5.73. The largest absolute Gasteiger partial charge is 0.348 e. The van der Waals surface area contributed by atoms with Gasteiger partial charge in [0.1, 0.15) is 5.82 Å². The number of aromatic nitrogens is 1.